The van der Waals surface area contributed by atoms with E-state index >= 15 is 0 Å². The van der Waals surface area contributed by atoms with Crippen LogP contribution in [0.1, 0.15) is 23.0 Å². The first-order chi connectivity index (χ1) is 12.6. The third-order valence-electron chi connectivity index (χ3n) is 4.25. The maximum Gasteiger partial charge on any atom is 0.130 e. The van der Waals surface area contributed by atoms with E-state index in [0.717, 1.165) is 17.0 Å². The van der Waals surface area contributed by atoms with Gasteiger partial charge in [-0.15, -0.1) is 0 Å². The van der Waals surface area contributed by atoms with Gasteiger partial charge >= 0.3 is 0 Å². The van der Waals surface area contributed by atoms with Crippen molar-refractivity contribution in [2.75, 3.05) is 14.2 Å². The van der Waals surface area contributed by atoms with E-state index in [4.69, 9.17) is 9.47 Å². The van der Waals surface area contributed by atoms with Gasteiger partial charge in [0.15, 0.2) is 0 Å². The highest BCUT2D eigenvalue weighted by Crippen LogP contribution is 2.29. The third kappa shape index (κ3) is 4.03. The van der Waals surface area contributed by atoms with Crippen molar-refractivity contribution in [1.29, 1.82) is 0 Å². The van der Waals surface area contributed by atoms with Crippen molar-refractivity contribution in [2.24, 2.45) is 7.05 Å². The van der Waals surface area contributed by atoms with E-state index < -0.39 is 0 Å². The number of aryl methyl sites for hydroxylation is 1. The molecule has 1 aromatic heterocycles. The summed E-state index contributed by atoms with van der Waals surface area (Å²) in [6.45, 7) is 0.567. The van der Waals surface area contributed by atoms with E-state index in [2.05, 4.69) is 10.3 Å². The largest absolute Gasteiger partial charge is 0.497 e. The molecular weight excluding hydrogens is 333 g/mol. The second-order valence-electron chi connectivity index (χ2n) is 5.98. The maximum atomic E-state index is 13.1. The lowest BCUT2D eigenvalue weighted by Gasteiger charge is -2.20. The van der Waals surface area contributed by atoms with E-state index in [-0.39, 0.29) is 11.9 Å². The first-order valence-corrected chi connectivity index (χ1v) is 8.28. The standard InChI is InChI=1S/C20H22FN3O2/c1-24-9-8-22-20(24)19(23-13-14-4-6-16(21)7-5-14)15-10-17(25-2)12-18(11-15)26-3/h4-12,19,23H,13H2,1-3H3. The number of imidazole rings is 1. The number of nitrogens with zero attached hydrogens (tertiary/aromatic N) is 2. The number of ether oxygens (including phenoxy) is 2. The van der Waals surface area contributed by atoms with Gasteiger partial charge < -0.3 is 14.0 Å². The van der Waals surface area contributed by atoms with Crippen molar-refractivity contribution < 1.29 is 13.9 Å². The lowest BCUT2D eigenvalue weighted by atomic mass is 10.0. The van der Waals surface area contributed by atoms with Crippen LogP contribution in [0.2, 0.25) is 0 Å². The maximum absolute atomic E-state index is 13.1. The highest BCUT2D eigenvalue weighted by atomic mass is 19.1. The van der Waals surface area contributed by atoms with Crippen LogP contribution in [0, 0.1) is 5.82 Å². The molecule has 0 fully saturated rings. The summed E-state index contributed by atoms with van der Waals surface area (Å²) in [4.78, 5) is 4.49. The summed E-state index contributed by atoms with van der Waals surface area (Å²) in [5.74, 6) is 2.04. The Bertz CT molecular complexity index is 839. The Morgan fingerprint density at radius 3 is 2.27 bits per heavy atom. The van der Waals surface area contributed by atoms with Crippen LogP contribution in [0.25, 0.3) is 0 Å². The second kappa shape index (κ2) is 8.01. The van der Waals surface area contributed by atoms with Crippen LogP contribution in [-0.2, 0) is 13.6 Å². The predicted octanol–water partition coefficient (Wildman–Crippen LogP) is 3.46. The number of halogens is 1. The first-order valence-electron chi connectivity index (χ1n) is 8.28. The van der Waals surface area contributed by atoms with Crippen LogP contribution in [-0.4, -0.2) is 23.8 Å². The lowest BCUT2D eigenvalue weighted by molar-refractivity contribution is 0.392. The molecule has 0 aliphatic carbocycles. The van der Waals surface area contributed by atoms with E-state index in [1.807, 2.05) is 36.0 Å². The van der Waals surface area contributed by atoms with Crippen LogP contribution in [0.15, 0.2) is 54.9 Å². The zero-order valence-electron chi connectivity index (χ0n) is 15.1. The fourth-order valence-corrected chi connectivity index (χ4v) is 2.83. The highest BCUT2D eigenvalue weighted by molar-refractivity contribution is 5.41. The number of hydrogen-bond donors (Lipinski definition) is 1. The molecule has 0 radical (unpaired) electrons. The molecular formula is C20H22FN3O2. The van der Waals surface area contributed by atoms with Gasteiger partial charge in [-0.2, -0.15) is 0 Å². The molecule has 6 heteroatoms. The van der Waals surface area contributed by atoms with E-state index in [1.165, 1.54) is 12.1 Å². The average Bonchev–Trinajstić information content (AvgIpc) is 3.09. The number of rotatable bonds is 7. The smallest absolute Gasteiger partial charge is 0.130 e. The normalized spacial score (nSPS) is 12.0. The SMILES string of the molecule is COc1cc(OC)cc(C(NCc2ccc(F)cc2)c2nccn2C)c1. The second-order valence-corrected chi connectivity index (χ2v) is 5.98. The summed E-state index contributed by atoms with van der Waals surface area (Å²) in [5.41, 5.74) is 1.96. The van der Waals surface area contributed by atoms with Gasteiger partial charge in [-0.05, 0) is 35.4 Å². The highest BCUT2D eigenvalue weighted by Gasteiger charge is 2.20. The number of nitrogens with one attached hydrogen (secondary N) is 1. The zero-order valence-corrected chi connectivity index (χ0v) is 15.1. The molecule has 0 aliphatic heterocycles. The molecule has 0 aliphatic rings. The minimum atomic E-state index is -0.244. The molecule has 136 valence electrons. The van der Waals surface area contributed by atoms with Gasteiger partial charge in [-0.1, -0.05) is 12.1 Å². The molecule has 1 atom stereocenters. The predicted molar refractivity (Wildman–Crippen MR) is 97.8 cm³/mol. The Kier molecular flexibility index (Phi) is 5.53. The van der Waals surface area contributed by atoms with Crippen molar-refractivity contribution in [3.8, 4) is 11.5 Å². The molecule has 1 N–H and O–H groups in total. The van der Waals surface area contributed by atoms with Crippen LogP contribution < -0.4 is 14.8 Å². The van der Waals surface area contributed by atoms with Crippen molar-refractivity contribution in [3.05, 3.63) is 77.6 Å². The Labute approximate surface area is 152 Å². The summed E-state index contributed by atoms with van der Waals surface area (Å²) in [5, 5.41) is 3.50. The van der Waals surface area contributed by atoms with Crippen LogP contribution >= 0.6 is 0 Å². The zero-order chi connectivity index (χ0) is 18.5. The summed E-state index contributed by atoms with van der Waals surface area (Å²) in [6, 6.07) is 12.0. The Morgan fingerprint density at radius 2 is 1.73 bits per heavy atom. The van der Waals surface area contributed by atoms with E-state index in [9.17, 15) is 4.39 Å². The molecule has 3 aromatic rings. The minimum Gasteiger partial charge on any atom is -0.497 e. The molecule has 1 heterocycles. The van der Waals surface area contributed by atoms with Crippen molar-refractivity contribution in [1.82, 2.24) is 14.9 Å². The van der Waals surface area contributed by atoms with Crippen molar-refractivity contribution in [3.63, 3.8) is 0 Å². The molecule has 2 aromatic carbocycles. The van der Waals surface area contributed by atoms with E-state index in [1.54, 1.807) is 32.5 Å². The van der Waals surface area contributed by atoms with Gasteiger partial charge in [-0.3, -0.25) is 5.32 Å². The molecule has 0 amide bonds. The molecule has 3 rings (SSSR count). The van der Waals surface area contributed by atoms with Crippen LogP contribution in [0.5, 0.6) is 11.5 Å². The van der Waals surface area contributed by atoms with Gasteiger partial charge in [0.05, 0.1) is 20.3 Å². The Hall–Kier alpha value is -2.86. The summed E-state index contributed by atoms with van der Waals surface area (Å²) in [6.07, 6.45) is 3.67. The number of benzene rings is 2. The number of aromatic nitrogens is 2. The quantitative estimate of drug-likeness (QED) is 0.705. The molecule has 0 bridgehead atoms. The van der Waals surface area contributed by atoms with Gasteiger partial charge in [0.1, 0.15) is 23.1 Å². The average molecular weight is 355 g/mol. The van der Waals surface area contributed by atoms with Gasteiger partial charge in [0, 0.05) is 32.1 Å². The Morgan fingerprint density at radius 1 is 1.08 bits per heavy atom. The fraction of sp³-hybridized carbons (Fsp3) is 0.250. The molecule has 1 unspecified atom stereocenters. The van der Waals surface area contributed by atoms with Gasteiger partial charge in [0.2, 0.25) is 0 Å². The topological polar surface area (TPSA) is 48.3 Å². The number of hydrogen-bond acceptors (Lipinski definition) is 4. The van der Waals surface area contributed by atoms with Crippen LogP contribution in [0.3, 0.4) is 0 Å². The summed E-state index contributed by atoms with van der Waals surface area (Å²) < 4.78 is 25.9. The van der Waals surface area contributed by atoms with Gasteiger partial charge in [-0.25, -0.2) is 9.37 Å². The number of methoxy groups -OCH3 is 2. The molecule has 0 saturated carbocycles. The summed E-state index contributed by atoms with van der Waals surface area (Å²) in [7, 11) is 5.20. The molecule has 5 nitrogen and oxygen atoms in total. The molecule has 26 heavy (non-hydrogen) atoms. The monoisotopic (exact) mass is 355 g/mol. The van der Waals surface area contributed by atoms with Crippen LogP contribution in [0.4, 0.5) is 4.39 Å². The van der Waals surface area contributed by atoms with Crippen molar-refractivity contribution in [2.45, 2.75) is 12.6 Å². The van der Waals surface area contributed by atoms with E-state index in [0.29, 0.717) is 18.0 Å². The first kappa shape index (κ1) is 17.9. The lowest BCUT2D eigenvalue weighted by Crippen LogP contribution is -2.25. The summed E-state index contributed by atoms with van der Waals surface area (Å²) >= 11 is 0. The third-order valence-corrected chi connectivity index (χ3v) is 4.25. The fourth-order valence-electron chi connectivity index (χ4n) is 2.83. The minimum absolute atomic E-state index is 0.177. The van der Waals surface area contributed by atoms with Gasteiger partial charge in [0.25, 0.3) is 0 Å². The van der Waals surface area contributed by atoms with Crippen molar-refractivity contribution >= 4 is 0 Å². The Balaban J connectivity index is 1.93. The molecule has 0 spiro atoms. The molecule has 0 saturated heterocycles.